The molecule has 0 atom stereocenters. The van der Waals surface area contributed by atoms with Crippen molar-refractivity contribution >= 4 is 34.8 Å². The molecule has 22 heavy (non-hydrogen) atoms. The molecular weight excluding hydrogens is 319 g/mol. The van der Waals surface area contributed by atoms with Crippen molar-refractivity contribution in [3.63, 3.8) is 0 Å². The smallest absolute Gasteiger partial charge is 0.244 e. The van der Waals surface area contributed by atoms with E-state index in [4.69, 9.17) is 23.2 Å². The molecule has 0 aliphatic carbocycles. The van der Waals surface area contributed by atoms with Crippen LogP contribution in [0.15, 0.2) is 53.6 Å². The van der Waals surface area contributed by atoms with Crippen molar-refractivity contribution in [1.82, 2.24) is 5.43 Å². The van der Waals surface area contributed by atoms with E-state index in [-0.39, 0.29) is 12.3 Å². The van der Waals surface area contributed by atoms with E-state index in [9.17, 15) is 4.79 Å². The first-order chi connectivity index (χ1) is 10.6. The third kappa shape index (κ3) is 4.58. The van der Waals surface area contributed by atoms with Crippen LogP contribution in [-0.2, 0) is 11.2 Å². The second kappa shape index (κ2) is 7.97. The summed E-state index contributed by atoms with van der Waals surface area (Å²) < 4.78 is 0. The van der Waals surface area contributed by atoms with Gasteiger partial charge in [-0.3, -0.25) is 4.79 Å². The molecule has 0 bridgehead atoms. The van der Waals surface area contributed by atoms with E-state index in [1.165, 1.54) is 0 Å². The fourth-order valence-corrected chi connectivity index (χ4v) is 2.52. The third-order valence-electron chi connectivity index (χ3n) is 3.10. The van der Waals surface area contributed by atoms with Gasteiger partial charge >= 0.3 is 0 Å². The number of halogens is 2. The monoisotopic (exact) mass is 334 g/mol. The predicted molar refractivity (Wildman–Crippen MR) is 91.6 cm³/mol. The normalized spacial score (nSPS) is 11.3. The summed E-state index contributed by atoms with van der Waals surface area (Å²) in [6.07, 6.45) is 0.933. The first-order valence-corrected chi connectivity index (χ1v) is 7.70. The maximum absolute atomic E-state index is 11.9. The van der Waals surface area contributed by atoms with E-state index in [1.54, 1.807) is 18.2 Å². The van der Waals surface area contributed by atoms with Gasteiger partial charge in [-0.25, -0.2) is 5.43 Å². The summed E-state index contributed by atoms with van der Waals surface area (Å²) in [6, 6.07) is 14.7. The molecule has 5 heteroatoms. The van der Waals surface area contributed by atoms with E-state index >= 15 is 0 Å². The molecule has 0 heterocycles. The van der Waals surface area contributed by atoms with E-state index in [0.29, 0.717) is 22.2 Å². The lowest BCUT2D eigenvalue weighted by atomic mass is 10.1. The number of amides is 1. The van der Waals surface area contributed by atoms with Gasteiger partial charge in [-0.1, -0.05) is 66.5 Å². The third-order valence-corrected chi connectivity index (χ3v) is 3.65. The van der Waals surface area contributed by atoms with Gasteiger partial charge in [0, 0.05) is 10.6 Å². The second-order valence-corrected chi connectivity index (χ2v) is 5.58. The van der Waals surface area contributed by atoms with Gasteiger partial charge in [0.1, 0.15) is 0 Å². The van der Waals surface area contributed by atoms with Crippen molar-refractivity contribution in [3.05, 3.63) is 69.7 Å². The Kier molecular flexibility index (Phi) is 5.99. The number of benzene rings is 2. The van der Waals surface area contributed by atoms with Crippen LogP contribution in [0.3, 0.4) is 0 Å². The lowest BCUT2D eigenvalue weighted by Gasteiger charge is -2.08. The van der Waals surface area contributed by atoms with Crippen LogP contribution in [0, 0.1) is 0 Å². The van der Waals surface area contributed by atoms with Crippen LogP contribution >= 0.6 is 23.2 Å². The number of nitrogens with one attached hydrogen (secondary N) is 1. The van der Waals surface area contributed by atoms with Crippen LogP contribution in [-0.4, -0.2) is 11.6 Å². The fourth-order valence-electron chi connectivity index (χ4n) is 2.00. The number of hydrogen-bond acceptors (Lipinski definition) is 2. The Hall–Kier alpha value is -1.84. The highest BCUT2D eigenvalue weighted by Gasteiger charge is 2.08. The van der Waals surface area contributed by atoms with Crippen LogP contribution in [0.25, 0.3) is 0 Å². The summed E-state index contributed by atoms with van der Waals surface area (Å²) in [5.41, 5.74) is 5.01. The zero-order chi connectivity index (χ0) is 15.9. The molecule has 3 nitrogen and oxygen atoms in total. The molecule has 0 saturated heterocycles. The van der Waals surface area contributed by atoms with Gasteiger partial charge in [0.2, 0.25) is 5.91 Å². The zero-order valence-electron chi connectivity index (χ0n) is 12.1. The highest BCUT2D eigenvalue weighted by Crippen LogP contribution is 2.22. The quantitative estimate of drug-likeness (QED) is 0.636. The van der Waals surface area contributed by atoms with Gasteiger partial charge in [-0.2, -0.15) is 5.10 Å². The molecule has 0 aliphatic rings. The summed E-state index contributed by atoms with van der Waals surface area (Å²) >= 11 is 12.1. The second-order valence-electron chi connectivity index (χ2n) is 4.73. The number of hydrogen-bond donors (Lipinski definition) is 1. The van der Waals surface area contributed by atoms with Crippen molar-refractivity contribution in [2.75, 3.05) is 0 Å². The highest BCUT2D eigenvalue weighted by atomic mass is 35.5. The van der Waals surface area contributed by atoms with Crippen molar-refractivity contribution in [1.29, 1.82) is 0 Å². The number of nitrogens with zero attached hydrogens (tertiary/aromatic N) is 1. The molecule has 2 aromatic rings. The summed E-state index contributed by atoms with van der Waals surface area (Å²) in [6.45, 7) is 1.95. The lowest BCUT2D eigenvalue weighted by Crippen LogP contribution is -2.21. The topological polar surface area (TPSA) is 41.5 Å². The number of rotatable bonds is 5. The summed E-state index contributed by atoms with van der Waals surface area (Å²) in [5, 5.41) is 5.27. The van der Waals surface area contributed by atoms with Gasteiger partial charge in [-0.15, -0.1) is 0 Å². The van der Waals surface area contributed by atoms with E-state index in [1.807, 2.05) is 37.3 Å². The number of hydrazone groups is 1. The molecule has 1 N–H and O–H groups in total. The Balaban J connectivity index is 2.07. The van der Waals surface area contributed by atoms with Gasteiger partial charge in [0.15, 0.2) is 0 Å². The van der Waals surface area contributed by atoms with Gasteiger partial charge < -0.3 is 0 Å². The molecular formula is C17H16Cl2N2O. The number of carbonyl (C=O) groups is 1. The van der Waals surface area contributed by atoms with Crippen LogP contribution < -0.4 is 5.43 Å². The Morgan fingerprint density at radius 1 is 1.14 bits per heavy atom. The molecule has 1 amide bonds. The molecule has 2 aromatic carbocycles. The SMILES string of the molecule is CC/C(=N/NC(=O)Cc1ccccc1)c1ccc(Cl)cc1Cl. The van der Waals surface area contributed by atoms with E-state index in [2.05, 4.69) is 10.5 Å². The molecule has 2 rings (SSSR count). The van der Waals surface area contributed by atoms with Crippen molar-refractivity contribution in [2.24, 2.45) is 5.10 Å². The first kappa shape index (κ1) is 16.5. The van der Waals surface area contributed by atoms with E-state index in [0.717, 1.165) is 11.1 Å². The minimum atomic E-state index is -0.165. The minimum Gasteiger partial charge on any atom is -0.273 e. The Morgan fingerprint density at radius 2 is 1.86 bits per heavy atom. The van der Waals surface area contributed by atoms with Crippen LogP contribution in [0.1, 0.15) is 24.5 Å². The lowest BCUT2D eigenvalue weighted by molar-refractivity contribution is -0.120. The molecule has 0 aliphatic heterocycles. The molecule has 0 unspecified atom stereocenters. The summed E-state index contributed by atoms with van der Waals surface area (Å²) in [7, 11) is 0. The average molecular weight is 335 g/mol. The predicted octanol–water partition coefficient (Wildman–Crippen LogP) is 4.47. The summed E-state index contributed by atoms with van der Waals surface area (Å²) in [5.74, 6) is -0.165. The molecule has 0 aromatic heterocycles. The molecule has 0 saturated carbocycles. The van der Waals surface area contributed by atoms with Gasteiger partial charge in [0.25, 0.3) is 0 Å². The van der Waals surface area contributed by atoms with Crippen LogP contribution in [0.2, 0.25) is 10.0 Å². The molecule has 0 radical (unpaired) electrons. The molecule has 0 spiro atoms. The van der Waals surface area contributed by atoms with Gasteiger partial charge in [-0.05, 0) is 24.1 Å². The maximum atomic E-state index is 11.9. The van der Waals surface area contributed by atoms with Crippen molar-refractivity contribution < 1.29 is 4.79 Å². The largest absolute Gasteiger partial charge is 0.273 e. The Morgan fingerprint density at radius 3 is 2.50 bits per heavy atom. The standard InChI is InChI=1S/C17H16Cl2N2O/c1-2-16(14-9-8-13(18)11-15(14)19)20-21-17(22)10-12-6-4-3-5-7-12/h3-9,11H,2,10H2,1H3,(H,21,22)/b20-16-. The zero-order valence-corrected chi connectivity index (χ0v) is 13.7. The van der Waals surface area contributed by atoms with Crippen molar-refractivity contribution in [3.8, 4) is 0 Å². The van der Waals surface area contributed by atoms with Crippen molar-refractivity contribution in [2.45, 2.75) is 19.8 Å². The maximum Gasteiger partial charge on any atom is 0.244 e. The molecule has 0 fully saturated rings. The fraction of sp³-hybridized carbons (Fsp3) is 0.176. The Bertz CT molecular complexity index is 684. The summed E-state index contributed by atoms with van der Waals surface area (Å²) in [4.78, 5) is 11.9. The Labute approximate surface area is 139 Å². The number of carbonyl (C=O) groups excluding carboxylic acids is 1. The first-order valence-electron chi connectivity index (χ1n) is 6.95. The van der Waals surface area contributed by atoms with Crippen LogP contribution in [0.4, 0.5) is 0 Å². The molecule has 114 valence electrons. The van der Waals surface area contributed by atoms with Gasteiger partial charge in [0.05, 0.1) is 17.2 Å². The minimum absolute atomic E-state index is 0.165. The van der Waals surface area contributed by atoms with E-state index < -0.39 is 0 Å². The average Bonchev–Trinajstić information content (AvgIpc) is 2.50. The van der Waals surface area contributed by atoms with Crippen LogP contribution in [0.5, 0.6) is 0 Å². The highest BCUT2D eigenvalue weighted by molar-refractivity contribution is 6.37.